The number of carbonyl (C=O) groups excluding carboxylic acids is 4. The average molecular weight is 715 g/mol. The molecule has 14 nitrogen and oxygen atoms in total. The normalized spacial score (nSPS) is 21.8. The summed E-state index contributed by atoms with van der Waals surface area (Å²) in [7, 11) is 0. The van der Waals surface area contributed by atoms with Crippen LogP contribution in [-0.4, -0.2) is 106 Å². The minimum absolute atomic E-state index is 0.0688. The zero-order valence-electron chi connectivity index (χ0n) is 28.9. The number of piperazine rings is 1. The lowest BCUT2D eigenvalue weighted by Crippen LogP contribution is -2.61. The van der Waals surface area contributed by atoms with Gasteiger partial charge in [0, 0.05) is 63.0 Å². The summed E-state index contributed by atoms with van der Waals surface area (Å²) in [4.78, 5) is 58.6. The highest BCUT2D eigenvalue weighted by Gasteiger charge is 2.45. The Balaban J connectivity index is 0.797. The van der Waals surface area contributed by atoms with Gasteiger partial charge in [0.15, 0.2) is 5.82 Å². The van der Waals surface area contributed by atoms with Crippen molar-refractivity contribution in [3.63, 3.8) is 0 Å². The summed E-state index contributed by atoms with van der Waals surface area (Å²) in [5, 5.41) is 24.9. The Morgan fingerprint density at radius 2 is 1.53 bits per heavy atom. The summed E-state index contributed by atoms with van der Waals surface area (Å²) in [6.07, 6.45) is 2.30. The van der Waals surface area contributed by atoms with Crippen molar-refractivity contribution in [1.29, 1.82) is 0 Å². The molecule has 270 valence electrons. The molecule has 1 unspecified atom stereocenters. The SMILES string of the molecule is O=C1CCC(N2C(=O)c3ccc(Oc4ccc(N5CCC(N6CCN7c8cc(-c9ccccc9O)nnc8NC[C@H]7C6)CC5)cc4)cc3C2=O)C(=O)N1. The second-order valence-corrected chi connectivity index (χ2v) is 14.2. The Morgan fingerprint density at radius 1 is 0.755 bits per heavy atom. The first-order valence-corrected chi connectivity index (χ1v) is 18.1. The molecule has 1 aromatic heterocycles. The number of ether oxygens (including phenoxy) is 1. The van der Waals surface area contributed by atoms with Gasteiger partial charge < -0.3 is 25.0 Å². The molecule has 4 amide bonds. The number of hydrogen-bond donors (Lipinski definition) is 3. The summed E-state index contributed by atoms with van der Waals surface area (Å²) >= 11 is 0. The van der Waals surface area contributed by atoms with Crippen LogP contribution in [0.25, 0.3) is 11.3 Å². The molecule has 3 aromatic carbocycles. The number of rotatable bonds is 6. The summed E-state index contributed by atoms with van der Waals surface area (Å²) in [5.41, 5.74) is 3.88. The molecule has 0 radical (unpaired) electrons. The molecular weight excluding hydrogens is 676 g/mol. The standard InChI is InChI=1S/C39H38N8O6/c48-34-4-2-1-3-29(34)31-20-33-36(43-42-31)40-21-25-22-45(17-18-46(25)33)24-13-15-44(16-14-24)23-5-7-26(8-6-23)53-27-9-10-28-30(19-27)39(52)47(38(28)51)32-11-12-35(49)41-37(32)50/h1-10,19-20,24-25,32,48H,11-18,21-22H2,(H,40,43)(H,41,49,50)/t25-,32?/m0/s1. The van der Waals surface area contributed by atoms with Crippen molar-refractivity contribution in [2.24, 2.45) is 0 Å². The van der Waals surface area contributed by atoms with Crippen LogP contribution in [0.3, 0.4) is 0 Å². The Morgan fingerprint density at radius 3 is 2.32 bits per heavy atom. The van der Waals surface area contributed by atoms with Crippen LogP contribution in [0, 0.1) is 0 Å². The molecule has 0 spiro atoms. The number of phenolic OH excluding ortho intramolecular Hbond substituents is 1. The smallest absolute Gasteiger partial charge is 0.262 e. The second-order valence-electron chi connectivity index (χ2n) is 14.2. The number of imide groups is 2. The number of nitrogens with zero attached hydrogens (tertiary/aromatic N) is 6. The van der Waals surface area contributed by atoms with E-state index in [9.17, 15) is 24.3 Å². The van der Waals surface area contributed by atoms with E-state index in [-0.39, 0.29) is 29.7 Å². The fraction of sp³-hybridized carbons (Fsp3) is 0.333. The molecule has 53 heavy (non-hydrogen) atoms. The fourth-order valence-electron chi connectivity index (χ4n) is 8.33. The van der Waals surface area contributed by atoms with Gasteiger partial charge in [0.25, 0.3) is 11.8 Å². The van der Waals surface area contributed by atoms with Gasteiger partial charge in [-0.25, -0.2) is 0 Å². The van der Waals surface area contributed by atoms with Gasteiger partial charge in [0.1, 0.15) is 23.3 Å². The largest absolute Gasteiger partial charge is 0.507 e. The van der Waals surface area contributed by atoms with Crippen LogP contribution in [0.4, 0.5) is 17.2 Å². The van der Waals surface area contributed by atoms with Crippen molar-refractivity contribution < 1.29 is 29.0 Å². The predicted molar refractivity (Wildman–Crippen MR) is 195 cm³/mol. The van der Waals surface area contributed by atoms with Crippen LogP contribution >= 0.6 is 0 Å². The predicted octanol–water partition coefficient (Wildman–Crippen LogP) is 3.63. The number of aromatic hydroxyl groups is 1. The number of anilines is 3. The highest BCUT2D eigenvalue weighted by atomic mass is 16.5. The quantitative estimate of drug-likeness (QED) is 0.249. The van der Waals surface area contributed by atoms with Gasteiger partial charge in [-0.2, -0.15) is 0 Å². The molecular formula is C39H38N8O6. The lowest BCUT2D eigenvalue weighted by molar-refractivity contribution is -0.136. The average Bonchev–Trinajstić information content (AvgIpc) is 3.42. The number of fused-ring (bicyclic) bond motifs is 4. The summed E-state index contributed by atoms with van der Waals surface area (Å²) < 4.78 is 6.08. The molecule has 0 bridgehead atoms. The molecule has 14 heteroatoms. The van der Waals surface area contributed by atoms with Crippen LogP contribution < -0.4 is 25.2 Å². The molecule has 2 atom stereocenters. The van der Waals surface area contributed by atoms with E-state index >= 15 is 0 Å². The van der Waals surface area contributed by atoms with Crippen molar-refractivity contribution in [3.8, 4) is 28.5 Å². The molecule has 3 N–H and O–H groups in total. The van der Waals surface area contributed by atoms with E-state index in [1.165, 1.54) is 6.07 Å². The number of nitrogens with one attached hydrogen (secondary N) is 2. The molecule has 9 rings (SSSR count). The van der Waals surface area contributed by atoms with Gasteiger partial charge in [-0.3, -0.25) is 34.3 Å². The fourth-order valence-corrected chi connectivity index (χ4v) is 8.33. The second kappa shape index (κ2) is 13.2. The molecule has 0 aliphatic carbocycles. The molecule has 4 aromatic rings. The first-order valence-electron chi connectivity index (χ1n) is 18.1. The number of phenols is 1. The van der Waals surface area contributed by atoms with Crippen LogP contribution in [-0.2, 0) is 9.59 Å². The maximum atomic E-state index is 13.2. The zero-order chi connectivity index (χ0) is 36.2. The third-order valence-corrected chi connectivity index (χ3v) is 11.1. The minimum atomic E-state index is -1.01. The van der Waals surface area contributed by atoms with Crippen LogP contribution in [0.15, 0.2) is 72.8 Å². The summed E-state index contributed by atoms with van der Waals surface area (Å²) in [6.45, 7) is 5.54. The van der Waals surface area contributed by atoms with E-state index in [2.05, 4.69) is 35.5 Å². The molecule has 3 fully saturated rings. The van der Waals surface area contributed by atoms with E-state index in [0.29, 0.717) is 34.8 Å². The number of aromatic nitrogens is 2. The van der Waals surface area contributed by atoms with Gasteiger partial charge in [-0.05, 0) is 79.9 Å². The highest BCUT2D eigenvalue weighted by molar-refractivity contribution is 6.23. The molecule has 5 aliphatic heterocycles. The number of carbonyl (C=O) groups is 4. The van der Waals surface area contributed by atoms with Crippen LogP contribution in [0.5, 0.6) is 17.2 Å². The van der Waals surface area contributed by atoms with Gasteiger partial charge in [-0.1, -0.05) is 12.1 Å². The van der Waals surface area contributed by atoms with Gasteiger partial charge in [0.2, 0.25) is 11.8 Å². The van der Waals surface area contributed by atoms with Crippen molar-refractivity contribution in [3.05, 3.63) is 83.9 Å². The Hall–Kier alpha value is -6.02. The van der Waals surface area contributed by atoms with Gasteiger partial charge >= 0.3 is 0 Å². The van der Waals surface area contributed by atoms with Crippen molar-refractivity contribution >= 4 is 40.8 Å². The van der Waals surface area contributed by atoms with E-state index < -0.39 is 29.7 Å². The Labute approximate surface area is 305 Å². The lowest BCUT2D eigenvalue weighted by atomic mass is 9.99. The van der Waals surface area contributed by atoms with Crippen LogP contribution in [0.2, 0.25) is 0 Å². The summed E-state index contributed by atoms with van der Waals surface area (Å²) in [5.74, 6) is -0.179. The van der Waals surface area contributed by atoms with E-state index in [1.807, 2.05) is 42.5 Å². The van der Waals surface area contributed by atoms with E-state index in [0.717, 1.165) is 74.2 Å². The van der Waals surface area contributed by atoms with E-state index in [4.69, 9.17) is 4.74 Å². The Bertz CT molecular complexity index is 2130. The number of amides is 4. The van der Waals surface area contributed by atoms with Crippen molar-refractivity contribution in [1.82, 2.24) is 25.3 Å². The number of benzene rings is 3. The van der Waals surface area contributed by atoms with Gasteiger partial charge in [0.05, 0.1) is 28.6 Å². The monoisotopic (exact) mass is 714 g/mol. The van der Waals surface area contributed by atoms with Gasteiger partial charge in [-0.15, -0.1) is 10.2 Å². The topological polar surface area (TPSA) is 161 Å². The number of hydrogen-bond acceptors (Lipinski definition) is 12. The zero-order valence-corrected chi connectivity index (χ0v) is 28.9. The molecule has 6 heterocycles. The third-order valence-electron chi connectivity index (χ3n) is 11.1. The molecule has 0 saturated carbocycles. The lowest BCUT2D eigenvalue weighted by Gasteiger charge is -2.49. The molecule has 3 saturated heterocycles. The number of para-hydroxylation sites is 1. The number of piperidine rings is 2. The van der Waals surface area contributed by atoms with Crippen molar-refractivity contribution in [2.45, 2.75) is 43.8 Å². The highest BCUT2D eigenvalue weighted by Crippen LogP contribution is 2.37. The molecule has 5 aliphatic rings. The Kier molecular flexibility index (Phi) is 8.18. The van der Waals surface area contributed by atoms with Crippen LogP contribution in [0.1, 0.15) is 46.4 Å². The maximum Gasteiger partial charge on any atom is 0.262 e. The maximum absolute atomic E-state index is 13.2. The third kappa shape index (κ3) is 5.98. The first-order chi connectivity index (χ1) is 25.8. The summed E-state index contributed by atoms with van der Waals surface area (Å²) in [6, 6.07) is 21.7. The van der Waals surface area contributed by atoms with E-state index in [1.54, 1.807) is 24.3 Å². The minimum Gasteiger partial charge on any atom is -0.507 e. The van der Waals surface area contributed by atoms with Crippen molar-refractivity contribution in [2.75, 3.05) is 54.4 Å². The first kappa shape index (κ1) is 32.9.